The Labute approximate surface area is 133 Å². The minimum absolute atomic E-state index is 0.113. The molecule has 0 unspecified atom stereocenters. The third-order valence-corrected chi connectivity index (χ3v) is 3.87. The highest BCUT2D eigenvalue weighted by atomic mass is 35.5. The molecule has 0 aliphatic carbocycles. The third-order valence-electron chi connectivity index (χ3n) is 3.62. The third kappa shape index (κ3) is 3.84. The lowest BCUT2D eigenvalue weighted by Crippen LogP contribution is -2.25. The first-order valence-corrected chi connectivity index (χ1v) is 7.70. The summed E-state index contributed by atoms with van der Waals surface area (Å²) in [4.78, 5) is 14.2. The van der Waals surface area contributed by atoms with Crippen LogP contribution in [0.4, 0.5) is 6.01 Å². The van der Waals surface area contributed by atoms with Gasteiger partial charge in [-0.05, 0) is 50.2 Å². The van der Waals surface area contributed by atoms with Crippen molar-refractivity contribution in [2.75, 3.05) is 25.0 Å². The Hall–Kier alpha value is -1.92. The van der Waals surface area contributed by atoms with E-state index in [9.17, 15) is 4.79 Å². The van der Waals surface area contributed by atoms with Gasteiger partial charge in [-0.3, -0.25) is 10.1 Å². The van der Waals surface area contributed by atoms with Crippen molar-refractivity contribution >= 4 is 23.5 Å². The maximum Gasteiger partial charge on any atom is 0.322 e. The zero-order chi connectivity index (χ0) is 15.4. The van der Waals surface area contributed by atoms with Crippen molar-refractivity contribution in [1.82, 2.24) is 15.1 Å². The number of nitrogens with one attached hydrogen (secondary N) is 1. The van der Waals surface area contributed by atoms with Crippen LogP contribution in [-0.2, 0) is 4.79 Å². The number of hydrogen-bond acceptors (Lipinski definition) is 5. The van der Waals surface area contributed by atoms with E-state index in [1.807, 2.05) is 0 Å². The Bertz CT molecular complexity index is 635. The minimum Gasteiger partial charge on any atom is -0.403 e. The second-order valence-electron chi connectivity index (χ2n) is 5.27. The number of aromatic nitrogens is 2. The van der Waals surface area contributed by atoms with Gasteiger partial charge in [-0.15, -0.1) is 5.10 Å². The number of amides is 1. The molecule has 1 N–H and O–H groups in total. The number of benzene rings is 1. The van der Waals surface area contributed by atoms with E-state index in [0.717, 1.165) is 25.2 Å². The van der Waals surface area contributed by atoms with Gasteiger partial charge in [0, 0.05) is 23.6 Å². The van der Waals surface area contributed by atoms with Crippen molar-refractivity contribution in [3.8, 4) is 11.5 Å². The van der Waals surface area contributed by atoms with Gasteiger partial charge in [0.2, 0.25) is 11.8 Å². The molecule has 2 aromatic rings. The maximum absolute atomic E-state index is 11.9. The van der Waals surface area contributed by atoms with E-state index in [0.29, 0.717) is 17.3 Å². The van der Waals surface area contributed by atoms with Gasteiger partial charge in [-0.2, -0.15) is 0 Å². The Kier molecular flexibility index (Phi) is 4.70. The van der Waals surface area contributed by atoms with E-state index in [4.69, 9.17) is 16.0 Å². The van der Waals surface area contributed by atoms with Crippen molar-refractivity contribution < 1.29 is 9.21 Å². The Balaban J connectivity index is 1.54. The van der Waals surface area contributed by atoms with Crippen molar-refractivity contribution in [3.63, 3.8) is 0 Å². The summed E-state index contributed by atoms with van der Waals surface area (Å²) >= 11 is 5.83. The van der Waals surface area contributed by atoms with E-state index in [2.05, 4.69) is 20.4 Å². The quantitative estimate of drug-likeness (QED) is 0.917. The molecule has 6 nitrogen and oxygen atoms in total. The molecule has 0 spiro atoms. The van der Waals surface area contributed by atoms with Crippen LogP contribution in [0.15, 0.2) is 28.7 Å². The van der Waals surface area contributed by atoms with E-state index in [-0.39, 0.29) is 11.9 Å². The predicted octanol–water partition coefficient (Wildman–Crippen LogP) is 2.81. The highest BCUT2D eigenvalue weighted by Crippen LogP contribution is 2.21. The molecule has 116 valence electrons. The molecule has 1 saturated heterocycles. The normalized spacial score (nSPS) is 15.1. The first-order chi connectivity index (χ1) is 10.7. The van der Waals surface area contributed by atoms with Crippen LogP contribution < -0.4 is 5.32 Å². The molecule has 1 aliphatic rings. The zero-order valence-electron chi connectivity index (χ0n) is 12.1. The van der Waals surface area contributed by atoms with Crippen LogP contribution in [0, 0.1) is 0 Å². The number of halogens is 1. The van der Waals surface area contributed by atoms with E-state index in [1.54, 1.807) is 24.3 Å². The highest BCUT2D eigenvalue weighted by Gasteiger charge is 2.15. The molecule has 7 heteroatoms. The Morgan fingerprint density at radius 3 is 2.68 bits per heavy atom. The van der Waals surface area contributed by atoms with Gasteiger partial charge in [0.25, 0.3) is 0 Å². The van der Waals surface area contributed by atoms with Gasteiger partial charge >= 0.3 is 6.01 Å². The number of hydrogen-bond donors (Lipinski definition) is 1. The average molecular weight is 321 g/mol. The lowest BCUT2D eigenvalue weighted by atomic mass is 10.2. The van der Waals surface area contributed by atoms with Crippen molar-refractivity contribution in [2.24, 2.45) is 0 Å². The van der Waals surface area contributed by atoms with Crippen molar-refractivity contribution in [3.05, 3.63) is 29.3 Å². The van der Waals surface area contributed by atoms with E-state index < -0.39 is 0 Å². The second-order valence-corrected chi connectivity index (χ2v) is 5.70. The molecule has 22 heavy (non-hydrogen) atoms. The summed E-state index contributed by atoms with van der Waals surface area (Å²) in [5.41, 5.74) is 0.759. The number of anilines is 1. The number of carbonyl (C=O) groups is 1. The SMILES string of the molecule is O=C(CCN1CCCC1)Nc1nnc(-c2ccc(Cl)cc2)o1. The van der Waals surface area contributed by atoms with E-state index >= 15 is 0 Å². The van der Waals surface area contributed by atoms with Crippen LogP contribution in [0.2, 0.25) is 5.02 Å². The molecule has 1 fully saturated rings. The number of carbonyl (C=O) groups excluding carboxylic acids is 1. The predicted molar refractivity (Wildman–Crippen MR) is 83.7 cm³/mol. The minimum atomic E-state index is -0.113. The lowest BCUT2D eigenvalue weighted by Gasteiger charge is -2.12. The average Bonchev–Trinajstić information content (AvgIpc) is 3.17. The van der Waals surface area contributed by atoms with Gasteiger partial charge in [0.05, 0.1) is 0 Å². The van der Waals surface area contributed by atoms with Gasteiger partial charge in [-0.25, -0.2) is 0 Å². The van der Waals surface area contributed by atoms with Crippen molar-refractivity contribution in [2.45, 2.75) is 19.3 Å². The summed E-state index contributed by atoms with van der Waals surface area (Å²) in [5, 5.41) is 11.0. The zero-order valence-corrected chi connectivity index (χ0v) is 12.8. The molecule has 3 rings (SSSR count). The van der Waals surface area contributed by atoms with Gasteiger partial charge < -0.3 is 9.32 Å². The molecule has 2 heterocycles. The monoisotopic (exact) mass is 320 g/mol. The molecular weight excluding hydrogens is 304 g/mol. The molecule has 0 atom stereocenters. The number of likely N-dealkylation sites (tertiary alicyclic amines) is 1. The molecule has 0 bridgehead atoms. The molecule has 1 amide bonds. The second kappa shape index (κ2) is 6.89. The van der Waals surface area contributed by atoms with E-state index in [1.165, 1.54) is 12.8 Å². The molecule has 1 aromatic carbocycles. The standard InChI is InChI=1S/C15H17ClN4O2/c16-12-5-3-11(4-6-12)14-18-19-15(22-14)17-13(21)7-10-20-8-1-2-9-20/h3-6H,1-2,7-10H2,(H,17,19,21). The first kappa shape index (κ1) is 15.0. The Morgan fingerprint density at radius 2 is 1.95 bits per heavy atom. The van der Waals surface area contributed by atoms with Crippen LogP contribution in [0.1, 0.15) is 19.3 Å². The van der Waals surface area contributed by atoms with Crippen LogP contribution >= 0.6 is 11.6 Å². The fraction of sp³-hybridized carbons (Fsp3) is 0.400. The topological polar surface area (TPSA) is 71.3 Å². The number of rotatable bonds is 5. The molecule has 1 aliphatic heterocycles. The van der Waals surface area contributed by atoms with Crippen LogP contribution in [-0.4, -0.2) is 40.6 Å². The van der Waals surface area contributed by atoms with Gasteiger partial charge in [-0.1, -0.05) is 16.7 Å². The summed E-state index contributed by atoms with van der Waals surface area (Å²) in [5.74, 6) is 0.240. The van der Waals surface area contributed by atoms with Gasteiger partial charge in [0.15, 0.2) is 0 Å². The van der Waals surface area contributed by atoms with Crippen LogP contribution in [0.5, 0.6) is 0 Å². The maximum atomic E-state index is 11.9. The molecule has 0 saturated carbocycles. The summed E-state index contributed by atoms with van der Waals surface area (Å²) in [7, 11) is 0. The van der Waals surface area contributed by atoms with Gasteiger partial charge in [0.1, 0.15) is 0 Å². The first-order valence-electron chi connectivity index (χ1n) is 7.32. The number of nitrogens with zero attached hydrogens (tertiary/aromatic N) is 3. The highest BCUT2D eigenvalue weighted by molar-refractivity contribution is 6.30. The fourth-order valence-corrected chi connectivity index (χ4v) is 2.56. The smallest absolute Gasteiger partial charge is 0.322 e. The molecule has 1 aromatic heterocycles. The summed E-state index contributed by atoms with van der Waals surface area (Å²) in [6, 6.07) is 7.19. The fourth-order valence-electron chi connectivity index (χ4n) is 2.43. The summed E-state index contributed by atoms with van der Waals surface area (Å²) < 4.78 is 5.44. The van der Waals surface area contributed by atoms with Crippen LogP contribution in [0.3, 0.4) is 0 Å². The molecular formula is C15H17ClN4O2. The molecule has 0 radical (unpaired) electrons. The Morgan fingerprint density at radius 1 is 1.23 bits per heavy atom. The lowest BCUT2D eigenvalue weighted by molar-refractivity contribution is -0.116. The van der Waals surface area contributed by atoms with Crippen molar-refractivity contribution in [1.29, 1.82) is 0 Å². The van der Waals surface area contributed by atoms with Crippen LogP contribution in [0.25, 0.3) is 11.5 Å². The summed E-state index contributed by atoms with van der Waals surface area (Å²) in [6.45, 7) is 2.92. The largest absolute Gasteiger partial charge is 0.403 e. The summed E-state index contributed by atoms with van der Waals surface area (Å²) in [6.07, 6.45) is 2.87.